The molecule has 2 aromatic carbocycles. The summed E-state index contributed by atoms with van der Waals surface area (Å²) in [5.41, 5.74) is 6.39. The molecule has 0 aliphatic heterocycles. The Kier molecular flexibility index (Phi) is 7.08. The van der Waals surface area contributed by atoms with Crippen LogP contribution in [0.3, 0.4) is 0 Å². The summed E-state index contributed by atoms with van der Waals surface area (Å²) in [7, 11) is 0. The highest BCUT2D eigenvalue weighted by Crippen LogP contribution is 2.28. The number of aryl methyl sites for hydroxylation is 2. The molecule has 5 aromatic rings. The Labute approximate surface area is 220 Å². The number of hydrogen-bond acceptors (Lipinski definition) is 6. The normalized spacial score (nSPS) is 11.1. The Morgan fingerprint density at radius 3 is 2.47 bits per heavy atom. The summed E-state index contributed by atoms with van der Waals surface area (Å²) in [5, 5.41) is 14.2. The van der Waals surface area contributed by atoms with Crippen molar-refractivity contribution in [2.24, 2.45) is 0 Å². The third-order valence-corrected chi connectivity index (χ3v) is 6.66. The molecule has 0 saturated heterocycles. The number of nitrogens with one attached hydrogen (secondary N) is 1. The van der Waals surface area contributed by atoms with Crippen LogP contribution in [0.1, 0.15) is 54.4 Å². The molecule has 192 valence electrons. The van der Waals surface area contributed by atoms with Gasteiger partial charge in [-0.05, 0) is 53.5 Å². The van der Waals surface area contributed by atoms with Gasteiger partial charge < -0.3 is 0 Å². The van der Waals surface area contributed by atoms with Crippen molar-refractivity contribution >= 4 is 5.78 Å². The number of H-pyrrole nitrogens is 1. The van der Waals surface area contributed by atoms with E-state index < -0.39 is 0 Å². The first-order valence-corrected chi connectivity index (χ1v) is 12.7. The third-order valence-electron chi connectivity index (χ3n) is 6.66. The number of hydrogen-bond donors (Lipinski definition) is 1. The average molecular weight is 508 g/mol. The summed E-state index contributed by atoms with van der Waals surface area (Å²) in [6.45, 7) is 6.04. The molecule has 9 nitrogen and oxygen atoms in total. The largest absolute Gasteiger partial charge is 0.333 e. The van der Waals surface area contributed by atoms with E-state index in [0.717, 1.165) is 46.5 Å². The summed E-state index contributed by atoms with van der Waals surface area (Å²) in [6.07, 6.45) is 6.04. The second-order valence-electron chi connectivity index (χ2n) is 9.18. The van der Waals surface area contributed by atoms with Crippen LogP contribution in [-0.2, 0) is 19.4 Å². The number of Topliss-reactive ketones (excluding diaryl/α,β-unsaturated/α-hetero) is 1. The number of aromatic amines is 1. The average Bonchev–Trinajstić information content (AvgIpc) is 3.58. The van der Waals surface area contributed by atoms with Crippen molar-refractivity contribution < 1.29 is 4.79 Å². The van der Waals surface area contributed by atoms with Gasteiger partial charge in [0.15, 0.2) is 11.6 Å². The zero-order valence-electron chi connectivity index (χ0n) is 21.7. The first-order valence-electron chi connectivity index (χ1n) is 12.7. The fraction of sp³-hybridized carbons (Fsp3) is 0.241. The third kappa shape index (κ3) is 4.70. The van der Waals surface area contributed by atoms with Crippen molar-refractivity contribution in [2.45, 2.75) is 46.6 Å². The molecule has 0 amide bonds. The van der Waals surface area contributed by atoms with Crippen LogP contribution < -0.4 is 5.69 Å². The van der Waals surface area contributed by atoms with Crippen molar-refractivity contribution in [2.75, 3.05) is 0 Å². The first-order chi connectivity index (χ1) is 18.5. The van der Waals surface area contributed by atoms with Gasteiger partial charge in [0, 0.05) is 34.8 Å². The summed E-state index contributed by atoms with van der Waals surface area (Å²) in [5.74, 6) is 0.508. The Bertz CT molecular complexity index is 1630. The lowest BCUT2D eigenvalue weighted by molar-refractivity contribution is 0.101. The molecule has 0 bridgehead atoms. The van der Waals surface area contributed by atoms with E-state index in [1.165, 1.54) is 6.92 Å². The fourth-order valence-corrected chi connectivity index (χ4v) is 4.80. The van der Waals surface area contributed by atoms with Gasteiger partial charge in [-0.3, -0.25) is 18.9 Å². The number of benzene rings is 2. The molecule has 3 aromatic heterocycles. The van der Waals surface area contributed by atoms with Gasteiger partial charge in [-0.1, -0.05) is 62.7 Å². The summed E-state index contributed by atoms with van der Waals surface area (Å²) < 4.78 is 3.43. The quantitative estimate of drug-likeness (QED) is 0.291. The van der Waals surface area contributed by atoms with Crippen LogP contribution in [0.15, 0.2) is 71.8 Å². The maximum absolute atomic E-state index is 13.7. The summed E-state index contributed by atoms with van der Waals surface area (Å²) in [6, 6.07) is 17.3. The number of aromatic nitrogens is 7. The van der Waals surface area contributed by atoms with Crippen LogP contribution in [0.4, 0.5) is 0 Å². The topological polar surface area (TPSA) is 111 Å². The van der Waals surface area contributed by atoms with Crippen LogP contribution in [0.5, 0.6) is 0 Å². The molecule has 1 N–H and O–H groups in total. The molecular formula is C29H29N7O2. The molecule has 0 aliphatic carbocycles. The minimum atomic E-state index is -0.163. The molecule has 0 radical (unpaired) electrons. The zero-order valence-corrected chi connectivity index (χ0v) is 21.7. The molecule has 3 heterocycles. The van der Waals surface area contributed by atoms with E-state index in [1.807, 2.05) is 61.7 Å². The van der Waals surface area contributed by atoms with E-state index >= 15 is 0 Å². The zero-order chi connectivity index (χ0) is 26.6. The number of pyridine rings is 1. The van der Waals surface area contributed by atoms with E-state index in [1.54, 1.807) is 21.4 Å². The lowest BCUT2D eigenvalue weighted by Gasteiger charge is -2.12. The van der Waals surface area contributed by atoms with Crippen molar-refractivity contribution in [3.8, 4) is 28.3 Å². The molecule has 0 unspecified atom stereocenters. The molecular weight excluding hydrogens is 478 g/mol. The van der Waals surface area contributed by atoms with Gasteiger partial charge in [-0.15, -0.1) is 5.10 Å². The number of ketones is 1. The minimum Gasteiger partial charge on any atom is -0.294 e. The highest BCUT2D eigenvalue weighted by molar-refractivity contribution is 5.98. The lowest BCUT2D eigenvalue weighted by atomic mass is 10.0. The standard InChI is InChI=1S/C29H29N7O2/c1-4-9-22-18-36(27-21(5-2)10-8-13-23(27)19(3)37)29(38)35(22)17-20-14-15-26(30-16-20)24-11-6-7-12-25(24)28-31-33-34-32-28/h6-8,10-16,18H,4-5,9,17H2,1-3H3,(H,31,32,33,34). The van der Waals surface area contributed by atoms with E-state index in [4.69, 9.17) is 4.98 Å². The van der Waals surface area contributed by atoms with Gasteiger partial charge in [0.2, 0.25) is 0 Å². The number of carbonyl (C=O) groups is 1. The summed E-state index contributed by atoms with van der Waals surface area (Å²) >= 11 is 0. The van der Waals surface area contributed by atoms with Gasteiger partial charge in [-0.25, -0.2) is 9.89 Å². The van der Waals surface area contributed by atoms with Crippen molar-refractivity contribution in [1.82, 2.24) is 34.7 Å². The van der Waals surface area contributed by atoms with E-state index in [2.05, 4.69) is 27.5 Å². The molecule has 0 saturated carbocycles. The van der Waals surface area contributed by atoms with Crippen LogP contribution in [0, 0.1) is 0 Å². The SMILES string of the molecule is CCCc1cn(-c2c(CC)cccc2C(C)=O)c(=O)n1Cc1ccc(-c2ccccc2-c2nnn[nH]2)nc1. The maximum atomic E-state index is 13.7. The molecule has 9 heteroatoms. The first kappa shape index (κ1) is 25.0. The molecule has 5 rings (SSSR count). The Morgan fingerprint density at radius 1 is 1.00 bits per heavy atom. The number of imidazole rings is 1. The van der Waals surface area contributed by atoms with E-state index in [-0.39, 0.29) is 11.5 Å². The number of carbonyl (C=O) groups excluding carboxylic acids is 1. The molecule has 0 spiro atoms. The lowest BCUT2D eigenvalue weighted by Crippen LogP contribution is -2.26. The minimum absolute atomic E-state index is 0.0619. The van der Waals surface area contributed by atoms with Crippen molar-refractivity contribution in [1.29, 1.82) is 0 Å². The van der Waals surface area contributed by atoms with Crippen LogP contribution in [0.25, 0.3) is 28.3 Å². The highest BCUT2D eigenvalue weighted by atomic mass is 16.2. The Balaban J connectivity index is 1.52. The number of rotatable bonds is 9. The van der Waals surface area contributed by atoms with Gasteiger partial charge in [0.05, 0.1) is 17.9 Å². The second-order valence-corrected chi connectivity index (χ2v) is 9.18. The molecule has 0 fully saturated rings. The van der Waals surface area contributed by atoms with Gasteiger partial charge in [-0.2, -0.15) is 0 Å². The van der Waals surface area contributed by atoms with Crippen LogP contribution in [0.2, 0.25) is 0 Å². The van der Waals surface area contributed by atoms with Gasteiger partial charge >= 0.3 is 5.69 Å². The molecule has 0 aliphatic rings. The van der Waals surface area contributed by atoms with E-state index in [0.29, 0.717) is 30.0 Å². The second kappa shape index (κ2) is 10.8. The molecule has 0 atom stereocenters. The van der Waals surface area contributed by atoms with Crippen LogP contribution in [-0.4, -0.2) is 40.5 Å². The highest BCUT2D eigenvalue weighted by Gasteiger charge is 2.19. The smallest absolute Gasteiger partial charge is 0.294 e. The Morgan fingerprint density at radius 2 is 1.82 bits per heavy atom. The number of nitrogens with zero attached hydrogens (tertiary/aromatic N) is 6. The maximum Gasteiger partial charge on any atom is 0.333 e. The van der Waals surface area contributed by atoms with Gasteiger partial charge in [0.25, 0.3) is 0 Å². The monoisotopic (exact) mass is 507 g/mol. The summed E-state index contributed by atoms with van der Waals surface area (Å²) in [4.78, 5) is 30.9. The molecule has 38 heavy (non-hydrogen) atoms. The van der Waals surface area contributed by atoms with Crippen molar-refractivity contribution in [3.63, 3.8) is 0 Å². The number of para-hydroxylation sites is 1. The van der Waals surface area contributed by atoms with Crippen LogP contribution >= 0.6 is 0 Å². The predicted molar refractivity (Wildman–Crippen MR) is 145 cm³/mol. The number of tetrazole rings is 1. The van der Waals surface area contributed by atoms with Crippen molar-refractivity contribution in [3.05, 3.63) is 99.9 Å². The van der Waals surface area contributed by atoms with E-state index in [9.17, 15) is 9.59 Å². The van der Waals surface area contributed by atoms with Gasteiger partial charge in [0.1, 0.15) is 0 Å². The fourth-order valence-electron chi connectivity index (χ4n) is 4.80. The predicted octanol–water partition coefficient (Wildman–Crippen LogP) is 4.65. The Hall–Kier alpha value is -4.66.